The summed E-state index contributed by atoms with van der Waals surface area (Å²) in [4.78, 5) is 11.3. The van der Waals surface area contributed by atoms with Crippen molar-refractivity contribution < 1.29 is 0 Å². The first-order valence-corrected chi connectivity index (χ1v) is 4.39. The molecule has 0 aliphatic heterocycles. The van der Waals surface area contributed by atoms with E-state index >= 15 is 0 Å². The van der Waals surface area contributed by atoms with E-state index in [4.69, 9.17) is 5.73 Å². The lowest BCUT2D eigenvalue weighted by molar-refractivity contribution is 0.576. The van der Waals surface area contributed by atoms with Crippen LogP contribution in [0.5, 0.6) is 0 Å². The Bertz CT molecular complexity index is 334. The fourth-order valence-corrected chi connectivity index (χ4v) is 1.44. The van der Waals surface area contributed by atoms with E-state index in [0.717, 1.165) is 5.69 Å². The third-order valence-electron chi connectivity index (χ3n) is 1.39. The van der Waals surface area contributed by atoms with Gasteiger partial charge in [0.15, 0.2) is 0 Å². The standard InChI is InChI=1S/C7H10BrN3O/c1-5-4-6(8)7(12)11(10-5)3-2-9/h4H,2-3,9H2,1H3. The molecule has 1 aromatic heterocycles. The number of halogens is 1. The van der Waals surface area contributed by atoms with Crippen molar-refractivity contribution >= 4 is 15.9 Å². The summed E-state index contributed by atoms with van der Waals surface area (Å²) in [6.07, 6.45) is 0. The monoisotopic (exact) mass is 231 g/mol. The Morgan fingerprint density at radius 3 is 3.00 bits per heavy atom. The van der Waals surface area contributed by atoms with Crippen molar-refractivity contribution in [2.24, 2.45) is 5.73 Å². The maximum absolute atomic E-state index is 11.3. The molecular weight excluding hydrogens is 222 g/mol. The van der Waals surface area contributed by atoms with Crippen molar-refractivity contribution in [1.82, 2.24) is 9.78 Å². The molecule has 1 rings (SSSR count). The van der Waals surface area contributed by atoms with Crippen molar-refractivity contribution in [3.8, 4) is 0 Å². The van der Waals surface area contributed by atoms with E-state index in [0.29, 0.717) is 17.6 Å². The second-order valence-corrected chi connectivity index (χ2v) is 3.30. The number of aromatic nitrogens is 2. The Morgan fingerprint density at radius 1 is 1.75 bits per heavy atom. The molecule has 0 spiro atoms. The largest absolute Gasteiger partial charge is 0.329 e. The van der Waals surface area contributed by atoms with Gasteiger partial charge in [-0.1, -0.05) is 0 Å². The zero-order chi connectivity index (χ0) is 9.14. The van der Waals surface area contributed by atoms with Crippen molar-refractivity contribution in [3.05, 3.63) is 26.6 Å². The highest BCUT2D eigenvalue weighted by atomic mass is 79.9. The van der Waals surface area contributed by atoms with Crippen molar-refractivity contribution in [2.75, 3.05) is 6.54 Å². The molecule has 0 fully saturated rings. The summed E-state index contributed by atoms with van der Waals surface area (Å²) < 4.78 is 1.89. The number of nitrogens with two attached hydrogens (primary N) is 1. The van der Waals surface area contributed by atoms with Crippen LogP contribution >= 0.6 is 15.9 Å². The Kier molecular flexibility index (Phi) is 2.99. The van der Waals surface area contributed by atoms with Crippen LogP contribution in [0, 0.1) is 6.92 Å². The number of hydrogen-bond donors (Lipinski definition) is 1. The molecule has 2 N–H and O–H groups in total. The number of aryl methyl sites for hydroxylation is 1. The first-order chi connectivity index (χ1) is 5.65. The van der Waals surface area contributed by atoms with Crippen molar-refractivity contribution in [1.29, 1.82) is 0 Å². The van der Waals surface area contributed by atoms with Crippen LogP contribution in [0.15, 0.2) is 15.3 Å². The van der Waals surface area contributed by atoms with Crippen LogP contribution in [0.25, 0.3) is 0 Å². The minimum absolute atomic E-state index is 0.133. The highest BCUT2D eigenvalue weighted by Crippen LogP contribution is 2.02. The highest BCUT2D eigenvalue weighted by Gasteiger charge is 2.01. The average Bonchev–Trinajstić information content (AvgIpc) is 2.00. The molecule has 0 radical (unpaired) electrons. The molecule has 0 unspecified atom stereocenters. The molecule has 5 heteroatoms. The Labute approximate surface area is 78.5 Å². The molecule has 1 aromatic rings. The van der Waals surface area contributed by atoms with Gasteiger partial charge in [0.2, 0.25) is 0 Å². The van der Waals surface area contributed by atoms with E-state index in [1.54, 1.807) is 6.07 Å². The maximum atomic E-state index is 11.3. The Balaban J connectivity index is 3.19. The van der Waals surface area contributed by atoms with Gasteiger partial charge in [0.1, 0.15) is 0 Å². The van der Waals surface area contributed by atoms with E-state index in [-0.39, 0.29) is 5.56 Å². The fourth-order valence-electron chi connectivity index (χ4n) is 0.907. The zero-order valence-corrected chi connectivity index (χ0v) is 8.34. The van der Waals surface area contributed by atoms with Gasteiger partial charge in [0, 0.05) is 6.54 Å². The van der Waals surface area contributed by atoms with E-state index < -0.39 is 0 Å². The first kappa shape index (κ1) is 9.41. The van der Waals surface area contributed by atoms with E-state index in [9.17, 15) is 4.79 Å². The minimum atomic E-state index is -0.133. The minimum Gasteiger partial charge on any atom is -0.329 e. The number of hydrogen-bond acceptors (Lipinski definition) is 3. The van der Waals surface area contributed by atoms with Gasteiger partial charge in [-0.3, -0.25) is 4.79 Å². The van der Waals surface area contributed by atoms with Gasteiger partial charge in [-0.2, -0.15) is 5.10 Å². The molecule has 0 aliphatic rings. The molecular formula is C7H10BrN3O. The third-order valence-corrected chi connectivity index (χ3v) is 1.96. The topological polar surface area (TPSA) is 60.9 Å². The molecule has 0 atom stereocenters. The molecule has 0 amide bonds. The van der Waals surface area contributed by atoms with E-state index in [1.807, 2.05) is 6.92 Å². The first-order valence-electron chi connectivity index (χ1n) is 3.59. The summed E-state index contributed by atoms with van der Waals surface area (Å²) >= 11 is 3.15. The number of rotatable bonds is 2. The summed E-state index contributed by atoms with van der Waals surface area (Å²) in [5, 5.41) is 4.02. The highest BCUT2D eigenvalue weighted by molar-refractivity contribution is 9.10. The fraction of sp³-hybridized carbons (Fsp3) is 0.429. The normalized spacial score (nSPS) is 10.2. The van der Waals surface area contributed by atoms with Gasteiger partial charge in [-0.05, 0) is 28.9 Å². The van der Waals surface area contributed by atoms with Gasteiger partial charge in [0.05, 0.1) is 16.7 Å². The molecule has 0 saturated heterocycles. The van der Waals surface area contributed by atoms with Crippen LogP contribution < -0.4 is 11.3 Å². The molecule has 0 saturated carbocycles. The predicted molar refractivity (Wildman–Crippen MR) is 50.0 cm³/mol. The Hall–Kier alpha value is -0.680. The summed E-state index contributed by atoms with van der Waals surface area (Å²) in [6.45, 7) is 2.71. The molecule has 4 nitrogen and oxygen atoms in total. The lowest BCUT2D eigenvalue weighted by Crippen LogP contribution is -2.27. The van der Waals surface area contributed by atoms with Crippen LogP contribution in [0.1, 0.15) is 5.69 Å². The smallest absolute Gasteiger partial charge is 0.281 e. The quantitative estimate of drug-likeness (QED) is 0.796. The van der Waals surface area contributed by atoms with Crippen LogP contribution in [-0.4, -0.2) is 16.3 Å². The summed E-state index contributed by atoms with van der Waals surface area (Å²) in [6, 6.07) is 1.69. The van der Waals surface area contributed by atoms with Crippen LogP contribution in [-0.2, 0) is 6.54 Å². The van der Waals surface area contributed by atoms with Gasteiger partial charge in [-0.25, -0.2) is 4.68 Å². The van der Waals surface area contributed by atoms with Crippen molar-refractivity contribution in [2.45, 2.75) is 13.5 Å². The lowest BCUT2D eigenvalue weighted by atomic mass is 10.4. The molecule has 0 aromatic carbocycles. The SMILES string of the molecule is Cc1cc(Br)c(=O)n(CCN)n1. The van der Waals surface area contributed by atoms with Crippen LogP contribution in [0.4, 0.5) is 0 Å². The average molecular weight is 232 g/mol. The second-order valence-electron chi connectivity index (χ2n) is 2.45. The third kappa shape index (κ3) is 1.92. The van der Waals surface area contributed by atoms with E-state index in [1.165, 1.54) is 4.68 Å². The van der Waals surface area contributed by atoms with Gasteiger partial charge >= 0.3 is 0 Å². The molecule has 0 bridgehead atoms. The molecule has 1 heterocycles. The van der Waals surface area contributed by atoms with Crippen LogP contribution in [0.3, 0.4) is 0 Å². The van der Waals surface area contributed by atoms with Crippen LogP contribution in [0.2, 0.25) is 0 Å². The summed E-state index contributed by atoms with van der Waals surface area (Å²) in [5.74, 6) is 0. The number of nitrogens with zero attached hydrogens (tertiary/aromatic N) is 2. The molecule has 0 aliphatic carbocycles. The lowest BCUT2D eigenvalue weighted by Gasteiger charge is -2.03. The predicted octanol–water partition coefficient (Wildman–Crippen LogP) is 0.273. The molecule has 66 valence electrons. The molecule has 12 heavy (non-hydrogen) atoms. The maximum Gasteiger partial charge on any atom is 0.281 e. The van der Waals surface area contributed by atoms with Gasteiger partial charge in [-0.15, -0.1) is 0 Å². The second kappa shape index (κ2) is 3.82. The Morgan fingerprint density at radius 2 is 2.42 bits per heavy atom. The van der Waals surface area contributed by atoms with Crippen molar-refractivity contribution in [3.63, 3.8) is 0 Å². The summed E-state index contributed by atoms with van der Waals surface area (Å²) in [7, 11) is 0. The zero-order valence-electron chi connectivity index (χ0n) is 6.75. The van der Waals surface area contributed by atoms with Gasteiger partial charge in [0.25, 0.3) is 5.56 Å². The van der Waals surface area contributed by atoms with E-state index in [2.05, 4.69) is 21.0 Å². The van der Waals surface area contributed by atoms with Gasteiger partial charge < -0.3 is 5.73 Å². The summed E-state index contributed by atoms with van der Waals surface area (Å²) in [5.41, 5.74) is 5.98.